The maximum atomic E-state index is 14.2. The fraction of sp³-hybridized carbons (Fsp3) is 0.406. The molecule has 10 nitrogen and oxygen atoms in total. The molecule has 1 amide bonds. The molecule has 0 aliphatic carbocycles. The second-order valence-corrected chi connectivity index (χ2v) is 13.3. The zero-order valence-corrected chi connectivity index (χ0v) is 27.0. The summed E-state index contributed by atoms with van der Waals surface area (Å²) >= 11 is 6.58. The molecule has 2 aromatic carbocycles. The molecule has 4 aromatic rings. The van der Waals surface area contributed by atoms with Gasteiger partial charge < -0.3 is 19.7 Å². The van der Waals surface area contributed by atoms with Crippen LogP contribution in [0.5, 0.6) is 0 Å². The van der Waals surface area contributed by atoms with Gasteiger partial charge in [-0.2, -0.15) is 13.2 Å². The lowest BCUT2D eigenvalue weighted by Gasteiger charge is -2.33. The lowest BCUT2D eigenvalue weighted by Crippen LogP contribution is -2.45. The number of alkyl halides is 3. The number of carbonyl (C=O) groups excluding carboxylic acids is 2. The van der Waals surface area contributed by atoms with Crippen LogP contribution in [0.1, 0.15) is 43.0 Å². The van der Waals surface area contributed by atoms with Gasteiger partial charge in [-0.05, 0) is 42.7 Å². The molecule has 2 fully saturated rings. The summed E-state index contributed by atoms with van der Waals surface area (Å²) in [5, 5.41) is 4.33. The standard InChI is InChI=1S/C32H31ClF3N5O5S/c1-17(2)30(43)45-10-8-27-39-25-12-22(28-37-14-26(47-28)32(34,35)36)24(38-20-7-9-40-21(11-20)16-46-31(40)44)13-23(25)29(42)41(27)15-18-3-5-19(33)6-4-18/h3-6,12-14,17,20-21,38H,7-11,15-16H2,1-2H3/t20-,21-/m0/s1. The molecule has 0 spiro atoms. The molecular weight excluding hydrogens is 659 g/mol. The Hall–Kier alpha value is -4.17. The van der Waals surface area contributed by atoms with Crippen LogP contribution in [0.3, 0.4) is 0 Å². The first kappa shape index (κ1) is 32.8. The summed E-state index contributed by atoms with van der Waals surface area (Å²) in [6.07, 6.45) is -2.88. The zero-order chi connectivity index (χ0) is 33.5. The van der Waals surface area contributed by atoms with Gasteiger partial charge in [-0.25, -0.2) is 14.8 Å². The molecule has 47 heavy (non-hydrogen) atoms. The number of carbonyl (C=O) groups is 2. The fourth-order valence-corrected chi connectivity index (χ4v) is 6.67. The maximum absolute atomic E-state index is 14.2. The molecule has 2 saturated heterocycles. The van der Waals surface area contributed by atoms with Crippen molar-refractivity contribution >= 4 is 51.6 Å². The first-order valence-electron chi connectivity index (χ1n) is 15.1. The number of cyclic esters (lactones) is 1. The van der Waals surface area contributed by atoms with E-state index < -0.39 is 11.1 Å². The largest absolute Gasteiger partial charge is 0.465 e. The van der Waals surface area contributed by atoms with Crippen molar-refractivity contribution in [2.24, 2.45) is 5.92 Å². The number of thiazole rings is 1. The van der Waals surface area contributed by atoms with Gasteiger partial charge in [-0.3, -0.25) is 14.2 Å². The van der Waals surface area contributed by atoms with Gasteiger partial charge in [0.2, 0.25) is 0 Å². The quantitative estimate of drug-likeness (QED) is 0.202. The number of hydrogen-bond donors (Lipinski definition) is 1. The van der Waals surface area contributed by atoms with Gasteiger partial charge in [-0.1, -0.05) is 37.6 Å². The van der Waals surface area contributed by atoms with Crippen LogP contribution in [0.4, 0.5) is 23.7 Å². The Morgan fingerprint density at radius 1 is 1.21 bits per heavy atom. The van der Waals surface area contributed by atoms with E-state index in [2.05, 4.69) is 10.3 Å². The first-order chi connectivity index (χ1) is 22.4. The number of ether oxygens (including phenoxy) is 2. The van der Waals surface area contributed by atoms with Crippen LogP contribution in [0.15, 0.2) is 47.4 Å². The van der Waals surface area contributed by atoms with Crippen LogP contribution in [0, 0.1) is 5.92 Å². The number of benzene rings is 2. The SMILES string of the molecule is CC(C)C(=O)OCCc1nc2cc(-c3ncc(C(F)(F)F)s3)c(N[C@H]3CCN4C(=O)OC[C@@H]4C3)cc2c(=O)n1Cc1ccc(Cl)cc1. The topological polar surface area (TPSA) is 116 Å². The lowest BCUT2D eigenvalue weighted by atomic mass is 9.97. The smallest absolute Gasteiger partial charge is 0.427 e. The average molecular weight is 690 g/mol. The monoisotopic (exact) mass is 689 g/mol. The van der Waals surface area contributed by atoms with Crippen molar-refractivity contribution in [1.29, 1.82) is 0 Å². The second-order valence-electron chi connectivity index (χ2n) is 11.9. The Morgan fingerprint density at radius 2 is 1.98 bits per heavy atom. The summed E-state index contributed by atoms with van der Waals surface area (Å²) in [6.45, 7) is 4.29. The third-order valence-electron chi connectivity index (χ3n) is 8.19. The number of rotatable bonds is 9. The number of nitrogens with zero attached hydrogens (tertiary/aromatic N) is 4. The van der Waals surface area contributed by atoms with Gasteiger partial charge in [0.05, 0.1) is 42.2 Å². The molecule has 6 rings (SSSR count). The van der Waals surface area contributed by atoms with E-state index in [0.717, 1.165) is 11.8 Å². The van der Waals surface area contributed by atoms with E-state index in [9.17, 15) is 27.6 Å². The lowest BCUT2D eigenvalue weighted by molar-refractivity contribution is -0.147. The van der Waals surface area contributed by atoms with Crippen molar-refractivity contribution in [1.82, 2.24) is 19.4 Å². The van der Waals surface area contributed by atoms with Crippen LogP contribution < -0.4 is 10.9 Å². The third-order valence-corrected chi connectivity index (χ3v) is 9.52. The molecule has 2 aromatic heterocycles. The Labute approximate surface area is 276 Å². The van der Waals surface area contributed by atoms with Crippen LogP contribution in [0.25, 0.3) is 21.5 Å². The number of aromatic nitrogens is 3. The minimum atomic E-state index is -4.57. The number of nitrogens with one attached hydrogen (secondary N) is 1. The predicted octanol–water partition coefficient (Wildman–Crippen LogP) is 6.38. The minimum absolute atomic E-state index is 0.0183. The molecule has 2 aliphatic heterocycles. The van der Waals surface area contributed by atoms with E-state index >= 15 is 0 Å². The number of piperidine rings is 1. The number of halogens is 4. The molecule has 2 atom stereocenters. The highest BCUT2D eigenvalue weighted by atomic mass is 35.5. The summed E-state index contributed by atoms with van der Waals surface area (Å²) < 4.78 is 52.8. The van der Waals surface area contributed by atoms with Crippen LogP contribution in [-0.2, 0) is 33.4 Å². The van der Waals surface area contributed by atoms with Crippen molar-refractivity contribution in [3.8, 4) is 10.6 Å². The molecule has 15 heteroatoms. The van der Waals surface area contributed by atoms with Crippen LogP contribution >= 0.6 is 22.9 Å². The van der Waals surface area contributed by atoms with Crippen LogP contribution in [-0.4, -0.2) is 63.3 Å². The van der Waals surface area contributed by atoms with E-state index in [4.69, 9.17) is 26.1 Å². The van der Waals surface area contributed by atoms with Crippen molar-refractivity contribution in [3.05, 3.63) is 74.2 Å². The van der Waals surface area contributed by atoms with Gasteiger partial charge in [0.1, 0.15) is 22.3 Å². The third kappa shape index (κ3) is 7.08. The van der Waals surface area contributed by atoms with E-state index in [1.807, 2.05) is 0 Å². The molecule has 0 unspecified atom stereocenters. The summed E-state index contributed by atoms with van der Waals surface area (Å²) in [5.74, 6) is -0.383. The minimum Gasteiger partial charge on any atom is -0.465 e. The molecule has 1 N–H and O–H groups in total. The number of esters is 1. The Morgan fingerprint density at radius 3 is 2.68 bits per heavy atom. The van der Waals surface area contributed by atoms with Crippen molar-refractivity contribution in [3.63, 3.8) is 0 Å². The molecular formula is C32H31ClF3N5O5S. The Bertz CT molecular complexity index is 1880. The van der Waals surface area contributed by atoms with Gasteiger partial charge in [0, 0.05) is 35.3 Å². The summed E-state index contributed by atoms with van der Waals surface area (Å²) in [6, 6.07) is 9.93. The molecule has 4 heterocycles. The number of anilines is 1. The fourth-order valence-electron chi connectivity index (χ4n) is 5.73. The summed E-state index contributed by atoms with van der Waals surface area (Å²) in [5.41, 5.74) is 1.47. The van der Waals surface area contributed by atoms with Crippen molar-refractivity contribution in [2.45, 2.75) is 57.9 Å². The number of hydrogen-bond acceptors (Lipinski definition) is 9. The first-order valence-corrected chi connectivity index (χ1v) is 16.3. The highest BCUT2D eigenvalue weighted by molar-refractivity contribution is 7.15. The molecule has 0 bridgehead atoms. The highest BCUT2D eigenvalue weighted by Gasteiger charge is 2.38. The van der Waals surface area contributed by atoms with Gasteiger partial charge in [-0.15, -0.1) is 11.3 Å². The van der Waals surface area contributed by atoms with E-state index in [1.54, 1.807) is 55.1 Å². The summed E-state index contributed by atoms with van der Waals surface area (Å²) in [7, 11) is 0. The van der Waals surface area contributed by atoms with Gasteiger partial charge in [0.15, 0.2) is 0 Å². The Balaban J connectivity index is 1.44. The summed E-state index contributed by atoms with van der Waals surface area (Å²) in [4.78, 5) is 48.0. The van der Waals surface area contributed by atoms with E-state index in [1.165, 1.54) is 4.57 Å². The van der Waals surface area contributed by atoms with Crippen molar-refractivity contribution in [2.75, 3.05) is 25.1 Å². The number of amides is 1. The molecule has 0 radical (unpaired) electrons. The Kier molecular flexibility index (Phi) is 9.16. The maximum Gasteiger partial charge on any atom is 0.427 e. The second kappa shape index (κ2) is 13.1. The predicted molar refractivity (Wildman–Crippen MR) is 171 cm³/mol. The molecule has 2 aliphatic rings. The van der Waals surface area contributed by atoms with Crippen molar-refractivity contribution < 1.29 is 32.2 Å². The van der Waals surface area contributed by atoms with E-state index in [0.29, 0.717) is 52.8 Å². The molecule has 0 saturated carbocycles. The highest BCUT2D eigenvalue weighted by Crippen LogP contribution is 2.40. The average Bonchev–Trinajstić information content (AvgIpc) is 3.67. The van der Waals surface area contributed by atoms with Crippen LogP contribution in [0.2, 0.25) is 5.02 Å². The molecule has 248 valence electrons. The van der Waals surface area contributed by atoms with Gasteiger partial charge in [0.25, 0.3) is 5.56 Å². The van der Waals surface area contributed by atoms with Gasteiger partial charge >= 0.3 is 18.2 Å². The van der Waals surface area contributed by atoms with E-state index in [-0.39, 0.29) is 77.7 Å². The zero-order valence-electron chi connectivity index (χ0n) is 25.5. The number of fused-ring (bicyclic) bond motifs is 2. The normalized spacial score (nSPS) is 18.0.